The fourth-order valence-electron chi connectivity index (χ4n) is 0.442. The lowest BCUT2D eigenvalue weighted by atomic mass is 10.7. The maximum Gasteiger partial charge on any atom is 0.429 e. The van der Waals surface area contributed by atoms with Crippen LogP contribution in [0.2, 0.25) is 0 Å². The average molecular weight is 142 g/mol. The molecule has 5 heteroatoms. The first kappa shape index (κ1) is 6.63. The highest BCUT2D eigenvalue weighted by Gasteiger charge is 2.01. The van der Waals surface area contributed by atoms with Crippen molar-refractivity contribution in [2.24, 2.45) is 5.84 Å². The third-order valence-corrected chi connectivity index (χ3v) is 0.806. The van der Waals surface area contributed by atoms with Crippen LogP contribution in [0.25, 0.3) is 0 Å². The molecule has 1 aromatic rings. The van der Waals surface area contributed by atoms with Crippen LogP contribution in [-0.4, -0.2) is 6.09 Å². The number of nitrogens with one attached hydrogen (secondary N) is 1. The molecule has 1 rings (SSSR count). The molecule has 0 saturated carbocycles. The SMILES string of the molecule is NNC(=O)Oc1ccco1. The van der Waals surface area contributed by atoms with E-state index in [1.54, 1.807) is 11.5 Å². The molecule has 5 nitrogen and oxygen atoms in total. The van der Waals surface area contributed by atoms with E-state index >= 15 is 0 Å². The number of nitrogens with two attached hydrogens (primary N) is 1. The van der Waals surface area contributed by atoms with E-state index in [0.29, 0.717) is 0 Å². The van der Waals surface area contributed by atoms with Crippen molar-refractivity contribution in [3.8, 4) is 5.95 Å². The molecule has 0 aliphatic rings. The number of hydrogen-bond acceptors (Lipinski definition) is 4. The second-order valence-electron chi connectivity index (χ2n) is 1.47. The monoisotopic (exact) mass is 142 g/mol. The maximum atomic E-state index is 10.4. The molecule has 0 fully saturated rings. The van der Waals surface area contributed by atoms with E-state index in [1.807, 2.05) is 0 Å². The van der Waals surface area contributed by atoms with Gasteiger partial charge in [-0.25, -0.2) is 10.6 Å². The highest BCUT2D eigenvalue weighted by atomic mass is 16.6. The van der Waals surface area contributed by atoms with Gasteiger partial charge in [-0.05, 0) is 6.07 Å². The first-order valence-corrected chi connectivity index (χ1v) is 2.55. The summed E-state index contributed by atoms with van der Waals surface area (Å²) in [7, 11) is 0. The summed E-state index contributed by atoms with van der Waals surface area (Å²) in [6.45, 7) is 0. The lowest BCUT2D eigenvalue weighted by Crippen LogP contribution is -2.32. The molecule has 0 aromatic carbocycles. The van der Waals surface area contributed by atoms with Crippen LogP contribution in [0, 0.1) is 0 Å². The standard InChI is InChI=1S/C5H6N2O3/c6-7-5(8)10-4-2-1-3-9-4/h1-3H,6H2,(H,7,8). The topological polar surface area (TPSA) is 77.5 Å². The van der Waals surface area contributed by atoms with Gasteiger partial charge < -0.3 is 9.15 Å². The predicted molar refractivity (Wildman–Crippen MR) is 32.1 cm³/mol. The van der Waals surface area contributed by atoms with Gasteiger partial charge in [0.2, 0.25) is 0 Å². The highest BCUT2D eigenvalue weighted by Crippen LogP contribution is 2.09. The number of hydrazine groups is 1. The van der Waals surface area contributed by atoms with Gasteiger partial charge in [-0.1, -0.05) is 0 Å². The summed E-state index contributed by atoms with van der Waals surface area (Å²) in [5.74, 6) is 4.84. The summed E-state index contributed by atoms with van der Waals surface area (Å²) < 4.78 is 9.13. The summed E-state index contributed by atoms with van der Waals surface area (Å²) in [5, 5.41) is 0. The Morgan fingerprint density at radius 2 is 2.60 bits per heavy atom. The van der Waals surface area contributed by atoms with Crippen molar-refractivity contribution in [3.05, 3.63) is 18.4 Å². The molecule has 0 saturated heterocycles. The molecular formula is C5H6N2O3. The first-order chi connectivity index (χ1) is 4.83. The average Bonchev–Trinajstić information content (AvgIpc) is 2.40. The Morgan fingerprint density at radius 3 is 3.10 bits per heavy atom. The number of carbonyl (C=O) groups is 1. The van der Waals surface area contributed by atoms with Crippen molar-refractivity contribution >= 4 is 6.09 Å². The zero-order valence-electron chi connectivity index (χ0n) is 5.03. The van der Waals surface area contributed by atoms with Gasteiger partial charge in [0.1, 0.15) is 0 Å². The minimum Gasteiger partial charge on any atom is -0.434 e. The smallest absolute Gasteiger partial charge is 0.429 e. The number of rotatable bonds is 1. The summed E-state index contributed by atoms with van der Waals surface area (Å²) in [6.07, 6.45) is 0.633. The zero-order valence-corrected chi connectivity index (χ0v) is 5.03. The predicted octanol–water partition coefficient (Wildman–Crippen LogP) is 0.242. The molecule has 54 valence electrons. The Morgan fingerprint density at radius 1 is 1.80 bits per heavy atom. The Bertz CT molecular complexity index is 207. The lowest BCUT2D eigenvalue weighted by molar-refractivity contribution is 0.187. The molecule has 3 N–H and O–H groups in total. The number of carbonyl (C=O) groups excluding carboxylic acids is 1. The first-order valence-electron chi connectivity index (χ1n) is 2.55. The van der Waals surface area contributed by atoms with Crippen LogP contribution in [0.5, 0.6) is 5.95 Å². The molecule has 0 aliphatic heterocycles. The fraction of sp³-hybridized carbons (Fsp3) is 0. The minimum atomic E-state index is -0.755. The number of ether oxygens (including phenoxy) is 1. The van der Waals surface area contributed by atoms with E-state index in [4.69, 9.17) is 5.84 Å². The number of furan rings is 1. The van der Waals surface area contributed by atoms with Gasteiger partial charge in [0.15, 0.2) is 0 Å². The molecule has 0 aliphatic carbocycles. The Kier molecular flexibility index (Phi) is 1.91. The summed E-state index contributed by atoms with van der Waals surface area (Å²) >= 11 is 0. The summed E-state index contributed by atoms with van der Waals surface area (Å²) in [4.78, 5) is 10.4. The second-order valence-corrected chi connectivity index (χ2v) is 1.47. The van der Waals surface area contributed by atoms with E-state index in [9.17, 15) is 4.79 Å². The third kappa shape index (κ3) is 1.49. The Labute approximate surface area is 56.7 Å². The van der Waals surface area contributed by atoms with Gasteiger partial charge in [0.25, 0.3) is 5.95 Å². The van der Waals surface area contributed by atoms with Crippen LogP contribution in [0.4, 0.5) is 4.79 Å². The van der Waals surface area contributed by atoms with Crippen LogP contribution in [0.1, 0.15) is 0 Å². The largest absolute Gasteiger partial charge is 0.434 e. The quantitative estimate of drug-likeness (QED) is 0.334. The van der Waals surface area contributed by atoms with Gasteiger partial charge in [-0.2, -0.15) is 0 Å². The van der Waals surface area contributed by atoms with E-state index in [0.717, 1.165) is 0 Å². The molecule has 0 bridgehead atoms. The minimum absolute atomic E-state index is 0.114. The Balaban J connectivity index is 2.48. The van der Waals surface area contributed by atoms with E-state index in [1.165, 1.54) is 12.3 Å². The summed E-state index contributed by atoms with van der Waals surface area (Å²) in [5.41, 5.74) is 1.78. The van der Waals surface area contributed by atoms with Crippen LogP contribution >= 0.6 is 0 Å². The van der Waals surface area contributed by atoms with Gasteiger partial charge in [-0.3, -0.25) is 5.43 Å². The molecule has 1 amide bonds. The number of amides is 1. The van der Waals surface area contributed by atoms with Gasteiger partial charge in [0.05, 0.1) is 6.26 Å². The molecule has 1 heterocycles. The molecule has 0 atom stereocenters. The zero-order chi connectivity index (χ0) is 7.40. The Hall–Kier alpha value is -1.49. The van der Waals surface area contributed by atoms with Crippen LogP contribution < -0.4 is 16.0 Å². The third-order valence-electron chi connectivity index (χ3n) is 0.806. The van der Waals surface area contributed by atoms with Crippen molar-refractivity contribution in [1.82, 2.24) is 5.43 Å². The maximum absolute atomic E-state index is 10.4. The fourth-order valence-corrected chi connectivity index (χ4v) is 0.442. The van der Waals surface area contributed by atoms with Crippen molar-refractivity contribution < 1.29 is 13.9 Å². The summed E-state index contributed by atoms with van der Waals surface area (Å²) in [6, 6.07) is 3.09. The lowest BCUT2D eigenvalue weighted by Gasteiger charge is -1.95. The van der Waals surface area contributed by atoms with E-state index in [-0.39, 0.29) is 5.95 Å². The molecule has 10 heavy (non-hydrogen) atoms. The highest BCUT2D eigenvalue weighted by molar-refractivity contribution is 5.68. The molecule has 0 radical (unpaired) electrons. The van der Waals surface area contributed by atoms with Gasteiger partial charge in [-0.15, -0.1) is 0 Å². The van der Waals surface area contributed by atoms with Gasteiger partial charge >= 0.3 is 6.09 Å². The number of hydrogen-bond donors (Lipinski definition) is 2. The normalized spacial score (nSPS) is 8.90. The van der Waals surface area contributed by atoms with Crippen LogP contribution in [0.15, 0.2) is 22.8 Å². The van der Waals surface area contributed by atoms with Gasteiger partial charge in [0, 0.05) is 6.07 Å². The van der Waals surface area contributed by atoms with Crippen molar-refractivity contribution in [3.63, 3.8) is 0 Å². The van der Waals surface area contributed by atoms with Crippen molar-refractivity contribution in [2.75, 3.05) is 0 Å². The van der Waals surface area contributed by atoms with E-state index in [2.05, 4.69) is 9.15 Å². The van der Waals surface area contributed by atoms with E-state index < -0.39 is 6.09 Å². The molecule has 1 aromatic heterocycles. The van der Waals surface area contributed by atoms with Crippen LogP contribution in [0.3, 0.4) is 0 Å². The molecule has 0 unspecified atom stereocenters. The molecule has 0 spiro atoms. The second kappa shape index (κ2) is 2.88. The van der Waals surface area contributed by atoms with Crippen molar-refractivity contribution in [2.45, 2.75) is 0 Å². The van der Waals surface area contributed by atoms with Crippen molar-refractivity contribution in [1.29, 1.82) is 0 Å². The molecular weight excluding hydrogens is 136 g/mol. The van der Waals surface area contributed by atoms with Crippen LogP contribution in [-0.2, 0) is 0 Å².